The Balaban J connectivity index is 1.65. The van der Waals surface area contributed by atoms with Gasteiger partial charge in [-0.2, -0.15) is 0 Å². The zero-order valence-corrected chi connectivity index (χ0v) is 15.3. The van der Waals surface area contributed by atoms with E-state index in [2.05, 4.69) is 15.9 Å². The van der Waals surface area contributed by atoms with Crippen LogP contribution in [0.4, 0.5) is 0 Å². The Labute approximate surface area is 148 Å². The first kappa shape index (κ1) is 16.8. The fraction of sp³-hybridized carbons (Fsp3) is 0.316. The van der Waals surface area contributed by atoms with E-state index in [0.29, 0.717) is 19.4 Å². The molecule has 0 aliphatic rings. The molecule has 1 aromatic heterocycles. The second-order valence-electron chi connectivity index (χ2n) is 5.89. The van der Waals surface area contributed by atoms with Crippen LogP contribution in [0.3, 0.4) is 0 Å². The molecule has 2 aromatic carbocycles. The summed E-state index contributed by atoms with van der Waals surface area (Å²) in [6.45, 7) is 4.16. The fourth-order valence-electron chi connectivity index (χ4n) is 2.55. The normalized spacial score (nSPS) is 11.3. The lowest BCUT2D eigenvalue weighted by Crippen LogP contribution is -2.12. The summed E-state index contributed by atoms with van der Waals surface area (Å²) >= 11 is 3.45. The largest absolute Gasteiger partial charge is 0.494 e. The van der Waals surface area contributed by atoms with Crippen molar-refractivity contribution in [3.63, 3.8) is 0 Å². The van der Waals surface area contributed by atoms with E-state index in [1.165, 1.54) is 0 Å². The van der Waals surface area contributed by atoms with Crippen LogP contribution in [0, 0.1) is 0 Å². The topological polar surface area (TPSA) is 48.7 Å². The van der Waals surface area contributed by atoms with Gasteiger partial charge in [-0.25, -0.2) is 0 Å². The standard InChI is InChI=1S/C19H19BrO4/c1-12(2)23-19(21)4-3-9-22-14-6-8-17-16(11-14)15-7-5-13(20)10-18(15)24-17/h5-8,10-12H,3-4,9H2,1-2H3. The second-order valence-corrected chi connectivity index (χ2v) is 6.81. The first-order valence-electron chi connectivity index (χ1n) is 7.97. The third kappa shape index (κ3) is 3.90. The summed E-state index contributed by atoms with van der Waals surface area (Å²) < 4.78 is 17.7. The number of furan rings is 1. The molecule has 0 atom stereocenters. The number of carbonyl (C=O) groups is 1. The predicted octanol–water partition coefficient (Wildman–Crippen LogP) is 5.46. The maximum absolute atomic E-state index is 11.5. The molecule has 0 N–H and O–H groups in total. The molecule has 5 heteroatoms. The predicted molar refractivity (Wildman–Crippen MR) is 97.4 cm³/mol. The van der Waals surface area contributed by atoms with Crippen LogP contribution in [0.2, 0.25) is 0 Å². The number of carbonyl (C=O) groups excluding carboxylic acids is 1. The molecule has 0 aliphatic heterocycles. The number of ether oxygens (including phenoxy) is 2. The Kier molecular flexibility index (Phi) is 5.09. The Morgan fingerprint density at radius 2 is 1.96 bits per heavy atom. The third-order valence-electron chi connectivity index (χ3n) is 3.57. The molecular weight excluding hydrogens is 372 g/mol. The Hall–Kier alpha value is -2.01. The monoisotopic (exact) mass is 390 g/mol. The highest BCUT2D eigenvalue weighted by Gasteiger charge is 2.09. The quantitative estimate of drug-likeness (QED) is 0.414. The number of esters is 1. The molecule has 126 valence electrons. The van der Waals surface area contributed by atoms with Crippen LogP contribution >= 0.6 is 15.9 Å². The number of fused-ring (bicyclic) bond motifs is 3. The second kappa shape index (κ2) is 7.26. The summed E-state index contributed by atoms with van der Waals surface area (Å²) in [5, 5.41) is 2.08. The first-order chi connectivity index (χ1) is 11.5. The van der Waals surface area contributed by atoms with Gasteiger partial charge in [0.2, 0.25) is 0 Å². The molecule has 3 aromatic rings. The van der Waals surface area contributed by atoms with Gasteiger partial charge in [0.1, 0.15) is 16.9 Å². The van der Waals surface area contributed by atoms with Crippen LogP contribution in [0.1, 0.15) is 26.7 Å². The van der Waals surface area contributed by atoms with Gasteiger partial charge in [-0.3, -0.25) is 4.79 Å². The average Bonchev–Trinajstić information content (AvgIpc) is 2.87. The highest BCUT2D eigenvalue weighted by Crippen LogP contribution is 2.32. The first-order valence-corrected chi connectivity index (χ1v) is 8.76. The minimum atomic E-state index is -0.185. The number of halogens is 1. The minimum Gasteiger partial charge on any atom is -0.494 e. The van der Waals surface area contributed by atoms with Crippen LogP contribution in [0.5, 0.6) is 5.75 Å². The highest BCUT2D eigenvalue weighted by molar-refractivity contribution is 9.10. The van der Waals surface area contributed by atoms with Gasteiger partial charge in [0.25, 0.3) is 0 Å². The van der Waals surface area contributed by atoms with Gasteiger partial charge >= 0.3 is 5.97 Å². The van der Waals surface area contributed by atoms with Crippen LogP contribution < -0.4 is 4.74 Å². The van der Waals surface area contributed by atoms with Crippen molar-refractivity contribution in [2.75, 3.05) is 6.61 Å². The van der Waals surface area contributed by atoms with E-state index < -0.39 is 0 Å². The lowest BCUT2D eigenvalue weighted by Gasteiger charge is -2.08. The van der Waals surface area contributed by atoms with Crippen LogP contribution in [-0.2, 0) is 9.53 Å². The molecule has 24 heavy (non-hydrogen) atoms. The number of hydrogen-bond acceptors (Lipinski definition) is 4. The van der Waals surface area contributed by atoms with Crippen molar-refractivity contribution in [3.8, 4) is 5.75 Å². The lowest BCUT2D eigenvalue weighted by molar-refractivity contribution is -0.147. The molecule has 4 nitrogen and oxygen atoms in total. The number of hydrogen-bond donors (Lipinski definition) is 0. The van der Waals surface area contributed by atoms with Gasteiger partial charge < -0.3 is 13.9 Å². The van der Waals surface area contributed by atoms with Crippen molar-refractivity contribution in [2.45, 2.75) is 32.8 Å². The van der Waals surface area contributed by atoms with Crippen LogP contribution in [-0.4, -0.2) is 18.7 Å². The molecular formula is C19H19BrO4. The molecule has 0 fully saturated rings. The number of benzene rings is 2. The summed E-state index contributed by atoms with van der Waals surface area (Å²) in [7, 11) is 0. The van der Waals surface area contributed by atoms with Gasteiger partial charge in [0, 0.05) is 21.7 Å². The van der Waals surface area contributed by atoms with E-state index in [1.807, 2.05) is 50.2 Å². The summed E-state index contributed by atoms with van der Waals surface area (Å²) in [5.74, 6) is 0.584. The minimum absolute atomic E-state index is 0.0739. The van der Waals surface area contributed by atoms with Crippen molar-refractivity contribution in [1.29, 1.82) is 0 Å². The molecule has 3 rings (SSSR count). The summed E-state index contributed by atoms with van der Waals surface area (Å²) in [6.07, 6.45) is 0.918. The molecule has 0 bridgehead atoms. The van der Waals surface area contributed by atoms with E-state index in [0.717, 1.165) is 32.2 Å². The molecule has 0 amide bonds. The summed E-state index contributed by atoms with van der Waals surface area (Å²) in [5.41, 5.74) is 1.67. The maximum Gasteiger partial charge on any atom is 0.306 e. The Morgan fingerprint density at radius 3 is 2.75 bits per heavy atom. The van der Waals surface area contributed by atoms with Gasteiger partial charge in [-0.1, -0.05) is 15.9 Å². The molecule has 0 saturated carbocycles. The van der Waals surface area contributed by atoms with Crippen molar-refractivity contribution in [2.24, 2.45) is 0 Å². The molecule has 0 saturated heterocycles. The van der Waals surface area contributed by atoms with Gasteiger partial charge in [-0.05, 0) is 56.7 Å². The fourth-order valence-corrected chi connectivity index (χ4v) is 2.89. The van der Waals surface area contributed by atoms with E-state index in [9.17, 15) is 4.79 Å². The van der Waals surface area contributed by atoms with Gasteiger partial charge in [0.05, 0.1) is 12.7 Å². The third-order valence-corrected chi connectivity index (χ3v) is 4.06. The van der Waals surface area contributed by atoms with Crippen molar-refractivity contribution < 1.29 is 18.7 Å². The SMILES string of the molecule is CC(C)OC(=O)CCCOc1ccc2oc3cc(Br)ccc3c2c1. The summed E-state index contributed by atoms with van der Waals surface area (Å²) in [4.78, 5) is 11.5. The van der Waals surface area contributed by atoms with Crippen molar-refractivity contribution in [3.05, 3.63) is 40.9 Å². The smallest absolute Gasteiger partial charge is 0.306 e. The maximum atomic E-state index is 11.5. The van der Waals surface area contributed by atoms with Gasteiger partial charge in [-0.15, -0.1) is 0 Å². The van der Waals surface area contributed by atoms with E-state index in [4.69, 9.17) is 13.9 Å². The Morgan fingerprint density at radius 1 is 1.12 bits per heavy atom. The zero-order chi connectivity index (χ0) is 17.1. The van der Waals surface area contributed by atoms with Crippen LogP contribution in [0.25, 0.3) is 21.9 Å². The Bertz CT molecular complexity index is 866. The van der Waals surface area contributed by atoms with Gasteiger partial charge in [0.15, 0.2) is 0 Å². The number of rotatable bonds is 6. The van der Waals surface area contributed by atoms with Crippen molar-refractivity contribution in [1.82, 2.24) is 0 Å². The molecule has 0 spiro atoms. The lowest BCUT2D eigenvalue weighted by atomic mass is 10.1. The van der Waals surface area contributed by atoms with E-state index >= 15 is 0 Å². The molecule has 0 radical (unpaired) electrons. The van der Waals surface area contributed by atoms with Crippen molar-refractivity contribution >= 4 is 43.8 Å². The van der Waals surface area contributed by atoms with Crippen LogP contribution in [0.15, 0.2) is 45.3 Å². The van der Waals surface area contributed by atoms with E-state index in [1.54, 1.807) is 0 Å². The zero-order valence-electron chi connectivity index (χ0n) is 13.7. The average molecular weight is 391 g/mol. The van der Waals surface area contributed by atoms with E-state index in [-0.39, 0.29) is 12.1 Å². The highest BCUT2D eigenvalue weighted by atomic mass is 79.9. The molecule has 0 aliphatic carbocycles. The summed E-state index contributed by atoms with van der Waals surface area (Å²) in [6, 6.07) is 11.7. The molecule has 0 unspecified atom stereocenters. The molecule has 1 heterocycles.